The number of nitrogens with two attached hydrogens (primary N) is 1. The molecule has 0 saturated carbocycles. The van der Waals surface area contributed by atoms with Crippen molar-refractivity contribution in [1.82, 2.24) is 15.4 Å². The van der Waals surface area contributed by atoms with Gasteiger partial charge in [0.15, 0.2) is 17.4 Å². The smallest absolute Gasteiger partial charge is 0.305 e. The molecule has 2 aromatic heterocycles. The van der Waals surface area contributed by atoms with Gasteiger partial charge in [0.1, 0.15) is 23.5 Å². The van der Waals surface area contributed by atoms with Crippen molar-refractivity contribution in [1.29, 1.82) is 0 Å². The number of anilines is 4. The summed E-state index contributed by atoms with van der Waals surface area (Å²) >= 11 is 0. The van der Waals surface area contributed by atoms with E-state index in [1.807, 2.05) is 0 Å². The van der Waals surface area contributed by atoms with E-state index in [4.69, 9.17) is 19.6 Å². The van der Waals surface area contributed by atoms with Crippen LogP contribution in [0.3, 0.4) is 0 Å². The molecule has 0 aliphatic carbocycles. The number of rotatable bonds is 7. The van der Waals surface area contributed by atoms with Crippen molar-refractivity contribution in [2.75, 3.05) is 30.7 Å². The number of hydrogen-bond donors (Lipinski definition) is 4. The van der Waals surface area contributed by atoms with Crippen LogP contribution in [-0.2, 0) is 0 Å². The van der Waals surface area contributed by atoms with Crippen LogP contribution >= 0.6 is 0 Å². The quantitative estimate of drug-likeness (QED) is 0.461. The largest absolute Gasteiger partial charge is 0.497 e. The average Bonchev–Trinajstić information content (AvgIpc) is 3.23. The Morgan fingerprint density at radius 1 is 1.15 bits per heavy atom. The van der Waals surface area contributed by atoms with Crippen LogP contribution in [0.25, 0.3) is 0 Å². The monoisotopic (exact) mass is 370 g/mol. The molecule has 0 fully saturated rings. The molecular weight excluding hydrogens is 352 g/mol. The van der Waals surface area contributed by atoms with Gasteiger partial charge in [-0.2, -0.15) is 0 Å². The predicted octanol–water partition coefficient (Wildman–Crippen LogP) is 2.17. The Morgan fingerprint density at radius 3 is 2.67 bits per heavy atom. The van der Waals surface area contributed by atoms with E-state index in [9.17, 15) is 4.79 Å². The topological polar surface area (TPSA) is 137 Å². The number of hydrazine groups is 1. The Labute approximate surface area is 154 Å². The third kappa shape index (κ3) is 4.00. The summed E-state index contributed by atoms with van der Waals surface area (Å²) in [7, 11) is 3.11. The number of ether oxygens (including phenoxy) is 2. The minimum absolute atomic E-state index is 0.148. The van der Waals surface area contributed by atoms with Crippen molar-refractivity contribution in [2.24, 2.45) is 0 Å². The summed E-state index contributed by atoms with van der Waals surface area (Å²) in [5.74, 6) is 1.43. The second kappa shape index (κ2) is 7.95. The van der Waals surface area contributed by atoms with Gasteiger partial charge in [-0.15, -0.1) is 0 Å². The molecule has 0 radical (unpaired) electrons. The van der Waals surface area contributed by atoms with Gasteiger partial charge < -0.3 is 24.9 Å². The van der Waals surface area contributed by atoms with E-state index in [0.717, 1.165) is 0 Å². The lowest BCUT2D eigenvalue weighted by molar-refractivity contribution is 0.0935. The van der Waals surface area contributed by atoms with Crippen LogP contribution in [0.4, 0.5) is 23.0 Å². The maximum atomic E-state index is 11.9. The molecule has 140 valence electrons. The fourth-order valence-electron chi connectivity index (χ4n) is 2.22. The van der Waals surface area contributed by atoms with Crippen LogP contribution in [0, 0.1) is 0 Å². The van der Waals surface area contributed by atoms with Crippen molar-refractivity contribution in [3.63, 3.8) is 0 Å². The summed E-state index contributed by atoms with van der Waals surface area (Å²) in [6, 6.07) is 8.40. The first-order valence-corrected chi connectivity index (χ1v) is 7.81. The molecule has 2 heterocycles. The Bertz CT molecular complexity index is 929. The third-order valence-corrected chi connectivity index (χ3v) is 3.58. The molecule has 0 aliphatic rings. The highest BCUT2D eigenvalue weighted by atomic mass is 16.5. The first-order chi connectivity index (χ1) is 13.1. The highest BCUT2D eigenvalue weighted by Gasteiger charge is 2.13. The number of carbonyl (C=O) groups excluding carboxylic acids is 1. The molecule has 10 nitrogen and oxygen atoms in total. The second-order valence-corrected chi connectivity index (χ2v) is 5.23. The van der Waals surface area contributed by atoms with Crippen molar-refractivity contribution in [2.45, 2.75) is 0 Å². The molecule has 0 spiro atoms. The molecule has 3 aromatic rings. The van der Waals surface area contributed by atoms with Crippen molar-refractivity contribution in [3.05, 3.63) is 48.7 Å². The van der Waals surface area contributed by atoms with Crippen LogP contribution in [0.1, 0.15) is 10.6 Å². The highest BCUT2D eigenvalue weighted by Crippen LogP contribution is 2.33. The lowest BCUT2D eigenvalue weighted by atomic mass is 10.2. The summed E-state index contributed by atoms with van der Waals surface area (Å²) in [4.78, 5) is 20.1. The summed E-state index contributed by atoms with van der Waals surface area (Å²) < 4.78 is 15.6. The highest BCUT2D eigenvalue weighted by molar-refractivity contribution is 5.92. The fourth-order valence-corrected chi connectivity index (χ4v) is 2.22. The first kappa shape index (κ1) is 17.9. The van der Waals surface area contributed by atoms with Crippen molar-refractivity contribution in [3.8, 4) is 11.5 Å². The van der Waals surface area contributed by atoms with E-state index in [1.165, 1.54) is 18.7 Å². The van der Waals surface area contributed by atoms with Gasteiger partial charge in [0, 0.05) is 6.07 Å². The summed E-state index contributed by atoms with van der Waals surface area (Å²) in [6.07, 6.45) is 2.70. The molecule has 0 unspecified atom stereocenters. The molecule has 10 heteroatoms. The van der Waals surface area contributed by atoms with E-state index in [-0.39, 0.29) is 17.3 Å². The van der Waals surface area contributed by atoms with Crippen LogP contribution in [0.15, 0.2) is 47.3 Å². The normalized spacial score (nSPS) is 10.1. The number of furan rings is 1. The van der Waals surface area contributed by atoms with Crippen LogP contribution in [0.2, 0.25) is 0 Å². The summed E-state index contributed by atoms with van der Waals surface area (Å²) in [5.41, 5.74) is 12.0. The Morgan fingerprint density at radius 2 is 1.96 bits per heavy atom. The van der Waals surface area contributed by atoms with Crippen LogP contribution in [0.5, 0.6) is 11.5 Å². The summed E-state index contributed by atoms with van der Waals surface area (Å²) in [5, 5.41) is 3.07. The zero-order valence-corrected chi connectivity index (χ0v) is 14.6. The summed E-state index contributed by atoms with van der Waals surface area (Å²) in [6.45, 7) is 0. The van der Waals surface area contributed by atoms with E-state index in [2.05, 4.69) is 26.1 Å². The molecule has 0 saturated heterocycles. The Hall–Kier alpha value is -3.95. The van der Waals surface area contributed by atoms with Gasteiger partial charge in [0.25, 0.3) is 0 Å². The van der Waals surface area contributed by atoms with Gasteiger partial charge in [0.2, 0.25) is 0 Å². The molecule has 0 bridgehead atoms. The van der Waals surface area contributed by atoms with Gasteiger partial charge in [-0.05, 0) is 24.3 Å². The van der Waals surface area contributed by atoms with Gasteiger partial charge >= 0.3 is 5.91 Å². The number of methoxy groups -OCH3 is 2. The number of nitrogen functional groups attached to an aromatic ring is 1. The third-order valence-electron chi connectivity index (χ3n) is 3.58. The Balaban J connectivity index is 1.78. The number of nitrogens with one attached hydrogen (secondary N) is 3. The molecule has 5 N–H and O–H groups in total. The SMILES string of the molecule is COc1ccc(OC)c(Nc2ncnc(NNC(=O)c3ccco3)c2N)c1. The maximum absolute atomic E-state index is 11.9. The number of nitrogens with zero attached hydrogens (tertiary/aromatic N) is 2. The van der Waals surface area contributed by atoms with Crippen molar-refractivity contribution >= 4 is 28.9 Å². The lowest BCUT2D eigenvalue weighted by Crippen LogP contribution is -2.30. The van der Waals surface area contributed by atoms with Gasteiger partial charge in [0.05, 0.1) is 26.2 Å². The maximum Gasteiger partial charge on any atom is 0.305 e. The number of carbonyl (C=O) groups is 1. The number of amides is 1. The fraction of sp³-hybridized carbons (Fsp3) is 0.118. The standard InChI is InChI=1S/C17H18N6O4/c1-25-10-5-6-12(26-2)11(8-10)21-15-14(18)16(20-9-19-15)22-23-17(24)13-4-3-7-27-13/h3-9H,18H2,1-2H3,(H,23,24)(H2,19,20,21,22). The predicted molar refractivity (Wildman–Crippen MR) is 99.1 cm³/mol. The van der Waals surface area contributed by atoms with Gasteiger partial charge in [-0.1, -0.05) is 0 Å². The molecule has 0 atom stereocenters. The molecule has 3 rings (SSSR count). The zero-order chi connectivity index (χ0) is 19.2. The van der Waals surface area contributed by atoms with E-state index in [1.54, 1.807) is 38.5 Å². The number of benzene rings is 1. The van der Waals surface area contributed by atoms with E-state index >= 15 is 0 Å². The van der Waals surface area contributed by atoms with Gasteiger partial charge in [-0.25, -0.2) is 9.97 Å². The second-order valence-electron chi connectivity index (χ2n) is 5.23. The van der Waals surface area contributed by atoms with Crippen LogP contribution in [-0.4, -0.2) is 30.1 Å². The minimum atomic E-state index is -0.470. The Kier molecular flexibility index (Phi) is 5.26. The number of hydrogen-bond acceptors (Lipinski definition) is 9. The van der Waals surface area contributed by atoms with E-state index in [0.29, 0.717) is 23.0 Å². The molecule has 1 aromatic carbocycles. The number of aromatic nitrogens is 2. The van der Waals surface area contributed by atoms with Crippen molar-refractivity contribution < 1.29 is 18.7 Å². The lowest BCUT2D eigenvalue weighted by Gasteiger charge is -2.15. The molecule has 27 heavy (non-hydrogen) atoms. The van der Waals surface area contributed by atoms with Crippen LogP contribution < -0.4 is 31.4 Å². The van der Waals surface area contributed by atoms with E-state index < -0.39 is 5.91 Å². The zero-order valence-electron chi connectivity index (χ0n) is 14.6. The first-order valence-electron chi connectivity index (χ1n) is 7.81. The average molecular weight is 370 g/mol. The van der Waals surface area contributed by atoms with Gasteiger partial charge in [-0.3, -0.25) is 15.6 Å². The molecular formula is C17H18N6O4. The minimum Gasteiger partial charge on any atom is -0.497 e. The molecule has 1 amide bonds. The molecule has 0 aliphatic heterocycles.